The molecule has 2 aliphatic heterocycles. The third-order valence-electron chi connectivity index (χ3n) is 4.34. The topological polar surface area (TPSA) is 35.5 Å². The molecule has 1 aromatic carbocycles. The Labute approximate surface area is 128 Å². The van der Waals surface area contributed by atoms with Gasteiger partial charge >= 0.3 is 5.97 Å². The fourth-order valence-electron chi connectivity index (χ4n) is 3.40. The zero-order valence-corrected chi connectivity index (χ0v) is 12.7. The molecule has 108 valence electrons. The highest BCUT2D eigenvalue weighted by molar-refractivity contribution is 6.42. The minimum absolute atomic E-state index is 0.0411. The van der Waals surface area contributed by atoms with Crippen LogP contribution in [0, 0.1) is 5.92 Å². The van der Waals surface area contributed by atoms with Gasteiger partial charge in [0.25, 0.3) is 0 Å². The number of ether oxygens (including phenoxy) is 2. The quantitative estimate of drug-likeness (QED) is 0.778. The number of rotatable bonds is 2. The summed E-state index contributed by atoms with van der Waals surface area (Å²) < 4.78 is 10.8. The molecule has 0 spiro atoms. The van der Waals surface area contributed by atoms with Gasteiger partial charge in [0.2, 0.25) is 0 Å². The summed E-state index contributed by atoms with van der Waals surface area (Å²) in [5.74, 6) is -0.370. The summed E-state index contributed by atoms with van der Waals surface area (Å²) >= 11 is 12.1. The predicted molar refractivity (Wildman–Crippen MR) is 77.2 cm³/mol. The van der Waals surface area contributed by atoms with Crippen LogP contribution in [0.3, 0.4) is 0 Å². The summed E-state index contributed by atoms with van der Waals surface area (Å²) in [7, 11) is 1.43. The molecular formula is C15H16Cl2O3. The monoisotopic (exact) mass is 314 g/mol. The summed E-state index contributed by atoms with van der Waals surface area (Å²) in [6.45, 7) is 0. The Morgan fingerprint density at radius 1 is 1.30 bits per heavy atom. The molecule has 0 unspecified atom stereocenters. The number of methoxy groups -OCH3 is 1. The molecule has 2 saturated heterocycles. The number of benzene rings is 1. The molecule has 4 atom stereocenters. The third kappa shape index (κ3) is 2.43. The number of halogens is 2. The molecule has 2 fully saturated rings. The van der Waals surface area contributed by atoms with Gasteiger partial charge in [0.05, 0.1) is 35.3 Å². The second-order valence-electron chi connectivity index (χ2n) is 5.44. The molecule has 3 rings (SSSR count). The van der Waals surface area contributed by atoms with Gasteiger partial charge in [-0.25, -0.2) is 0 Å². The minimum atomic E-state index is -0.254. The van der Waals surface area contributed by atoms with E-state index in [1.165, 1.54) is 7.11 Å². The molecular weight excluding hydrogens is 299 g/mol. The maximum Gasteiger partial charge on any atom is 0.311 e. The van der Waals surface area contributed by atoms with Crippen LogP contribution in [0.15, 0.2) is 18.2 Å². The Morgan fingerprint density at radius 2 is 2.10 bits per heavy atom. The van der Waals surface area contributed by atoms with Crippen LogP contribution in [0.5, 0.6) is 0 Å². The van der Waals surface area contributed by atoms with Gasteiger partial charge in [0.1, 0.15) is 0 Å². The molecule has 0 saturated carbocycles. The number of hydrogen-bond acceptors (Lipinski definition) is 3. The second kappa shape index (κ2) is 5.55. The smallest absolute Gasteiger partial charge is 0.311 e. The van der Waals surface area contributed by atoms with Crippen molar-refractivity contribution in [2.45, 2.75) is 37.4 Å². The average Bonchev–Trinajstić information content (AvgIpc) is 2.82. The first-order valence-corrected chi connectivity index (χ1v) is 7.54. The van der Waals surface area contributed by atoms with Crippen LogP contribution in [0.25, 0.3) is 0 Å². The molecule has 0 aromatic heterocycles. The number of carbonyl (C=O) groups excluding carboxylic acids is 1. The Hall–Kier alpha value is -0.770. The minimum Gasteiger partial charge on any atom is -0.469 e. The highest BCUT2D eigenvalue weighted by Crippen LogP contribution is 2.46. The van der Waals surface area contributed by atoms with Gasteiger partial charge < -0.3 is 9.47 Å². The Morgan fingerprint density at radius 3 is 2.80 bits per heavy atom. The van der Waals surface area contributed by atoms with Crippen LogP contribution in [0.2, 0.25) is 10.0 Å². The lowest BCUT2D eigenvalue weighted by molar-refractivity contribution is -0.156. The molecule has 0 N–H and O–H groups in total. The lowest BCUT2D eigenvalue weighted by Gasteiger charge is -2.35. The molecule has 2 aliphatic rings. The first-order chi connectivity index (χ1) is 9.60. The summed E-state index contributed by atoms with van der Waals surface area (Å²) in [4.78, 5) is 12.1. The first kappa shape index (κ1) is 14.2. The van der Waals surface area contributed by atoms with Crippen LogP contribution < -0.4 is 0 Å². The van der Waals surface area contributed by atoms with Gasteiger partial charge in [0.15, 0.2) is 0 Å². The van der Waals surface area contributed by atoms with Crippen molar-refractivity contribution in [1.29, 1.82) is 0 Å². The third-order valence-corrected chi connectivity index (χ3v) is 5.08. The average molecular weight is 315 g/mol. The van der Waals surface area contributed by atoms with Gasteiger partial charge in [-0.3, -0.25) is 4.79 Å². The maximum absolute atomic E-state index is 12.1. The van der Waals surface area contributed by atoms with Crippen molar-refractivity contribution in [2.75, 3.05) is 7.11 Å². The largest absolute Gasteiger partial charge is 0.469 e. The Kier molecular flexibility index (Phi) is 3.93. The van der Waals surface area contributed by atoms with Gasteiger partial charge in [0, 0.05) is 5.92 Å². The highest BCUT2D eigenvalue weighted by Gasteiger charge is 2.47. The van der Waals surface area contributed by atoms with Gasteiger partial charge in [-0.1, -0.05) is 29.3 Å². The molecule has 0 aliphatic carbocycles. The van der Waals surface area contributed by atoms with Gasteiger partial charge in [-0.2, -0.15) is 0 Å². The van der Waals surface area contributed by atoms with E-state index in [-0.39, 0.29) is 30.0 Å². The van der Waals surface area contributed by atoms with Crippen molar-refractivity contribution in [3.63, 3.8) is 0 Å². The van der Waals surface area contributed by atoms with E-state index in [0.29, 0.717) is 10.0 Å². The molecule has 1 aromatic rings. The van der Waals surface area contributed by atoms with Crippen LogP contribution in [0.4, 0.5) is 0 Å². The predicted octanol–water partition coefficient (Wildman–Crippen LogP) is 3.82. The number of esters is 1. The normalized spacial score (nSPS) is 32.1. The fourth-order valence-corrected chi connectivity index (χ4v) is 3.71. The van der Waals surface area contributed by atoms with Crippen molar-refractivity contribution in [2.24, 2.45) is 5.92 Å². The van der Waals surface area contributed by atoms with E-state index in [1.54, 1.807) is 6.07 Å². The highest BCUT2D eigenvalue weighted by atomic mass is 35.5. The Balaban J connectivity index is 1.96. The van der Waals surface area contributed by atoms with Crippen molar-refractivity contribution < 1.29 is 14.3 Å². The lowest BCUT2D eigenvalue weighted by atomic mass is 9.79. The van der Waals surface area contributed by atoms with E-state index in [0.717, 1.165) is 24.8 Å². The fraction of sp³-hybridized carbons (Fsp3) is 0.533. The van der Waals surface area contributed by atoms with E-state index in [9.17, 15) is 4.79 Å². The van der Waals surface area contributed by atoms with Crippen molar-refractivity contribution in [3.05, 3.63) is 33.8 Å². The molecule has 5 heteroatoms. The summed E-state index contributed by atoms with van der Waals surface area (Å²) in [5.41, 5.74) is 1.04. The van der Waals surface area contributed by atoms with E-state index in [2.05, 4.69) is 0 Å². The van der Waals surface area contributed by atoms with Gasteiger partial charge in [-0.05, 0) is 37.0 Å². The lowest BCUT2D eigenvalue weighted by Crippen LogP contribution is -2.39. The summed E-state index contributed by atoms with van der Waals surface area (Å²) in [6, 6.07) is 5.58. The number of fused-ring (bicyclic) bond motifs is 2. The standard InChI is InChI=1S/C15H16Cl2O3/c1-19-15(18)14-10(7-9-3-5-13(14)20-9)8-2-4-11(16)12(17)6-8/h2,4,6,9-10,13-14H,3,5,7H2,1H3/t9-,10+,13+,14-/m1/s1. The molecule has 0 amide bonds. The number of hydrogen-bond donors (Lipinski definition) is 0. The van der Waals surface area contributed by atoms with E-state index in [1.807, 2.05) is 12.1 Å². The Bertz CT molecular complexity index is 532. The van der Waals surface area contributed by atoms with E-state index < -0.39 is 0 Å². The van der Waals surface area contributed by atoms with E-state index in [4.69, 9.17) is 32.7 Å². The van der Waals surface area contributed by atoms with Crippen LogP contribution >= 0.6 is 23.2 Å². The zero-order valence-electron chi connectivity index (χ0n) is 11.1. The molecule has 20 heavy (non-hydrogen) atoms. The van der Waals surface area contributed by atoms with Crippen LogP contribution in [0.1, 0.15) is 30.7 Å². The van der Waals surface area contributed by atoms with Crippen LogP contribution in [-0.2, 0) is 14.3 Å². The number of carbonyl (C=O) groups is 1. The summed E-state index contributed by atoms with van der Waals surface area (Å²) in [5, 5.41) is 1.05. The SMILES string of the molecule is COC(=O)[C@H]1[C@@H]2CC[C@H](C[C@H]1c1ccc(Cl)c(Cl)c1)O2. The first-order valence-electron chi connectivity index (χ1n) is 6.78. The molecule has 2 bridgehead atoms. The molecule has 2 heterocycles. The van der Waals surface area contributed by atoms with Crippen molar-refractivity contribution in [1.82, 2.24) is 0 Å². The van der Waals surface area contributed by atoms with Crippen molar-refractivity contribution >= 4 is 29.2 Å². The van der Waals surface area contributed by atoms with Gasteiger partial charge in [-0.15, -0.1) is 0 Å². The maximum atomic E-state index is 12.1. The van der Waals surface area contributed by atoms with Crippen molar-refractivity contribution in [3.8, 4) is 0 Å². The summed E-state index contributed by atoms with van der Waals surface area (Å²) in [6.07, 6.45) is 2.95. The zero-order chi connectivity index (χ0) is 14.3. The van der Waals surface area contributed by atoms with E-state index >= 15 is 0 Å². The second-order valence-corrected chi connectivity index (χ2v) is 6.25. The van der Waals surface area contributed by atoms with Crippen LogP contribution in [-0.4, -0.2) is 25.3 Å². The molecule has 0 radical (unpaired) electrons. The molecule has 3 nitrogen and oxygen atoms in total.